The van der Waals surface area contributed by atoms with Gasteiger partial charge in [0, 0.05) is 0 Å². The molecule has 0 saturated heterocycles. The van der Waals surface area contributed by atoms with Crippen molar-refractivity contribution in [3.8, 4) is 5.75 Å². The monoisotopic (exact) mass is 150 g/mol. The average molecular weight is 150 g/mol. The largest absolute Gasteiger partial charge is 0.541 e. The Kier molecular flexibility index (Phi) is 3.02. The highest BCUT2D eigenvalue weighted by Crippen LogP contribution is 2.07. The molecule has 0 fully saturated rings. The first-order chi connectivity index (χ1) is 4.93. The molecule has 0 amide bonds. The van der Waals surface area contributed by atoms with Gasteiger partial charge in [-0.25, -0.2) is 0 Å². The molecule has 0 aliphatic heterocycles. The molecule has 0 bridgehead atoms. The Bertz CT molecular complexity index is 174. The van der Waals surface area contributed by atoms with Crippen molar-refractivity contribution in [2.24, 2.45) is 0 Å². The minimum absolute atomic E-state index is 0.592. The van der Waals surface area contributed by atoms with E-state index in [0.717, 1.165) is 11.8 Å². The maximum atomic E-state index is 5.38. The zero-order valence-corrected chi connectivity index (χ0v) is 7.00. The standard InChI is InChI=1S/C8H10OSi/c1-2-10-9-8-6-4-3-5-7-8/h3-7H,2H2,1H3. The summed E-state index contributed by atoms with van der Waals surface area (Å²) in [5.74, 6) is 0.975. The zero-order chi connectivity index (χ0) is 7.23. The molecule has 1 aromatic carbocycles. The van der Waals surface area contributed by atoms with Gasteiger partial charge in [-0.3, -0.25) is 0 Å². The fourth-order valence-electron chi connectivity index (χ4n) is 0.644. The number of hydrogen-bond donors (Lipinski definition) is 0. The number of hydrogen-bond acceptors (Lipinski definition) is 1. The number of para-hydroxylation sites is 1. The second kappa shape index (κ2) is 4.12. The molecule has 0 aliphatic rings. The fourth-order valence-corrected chi connectivity index (χ4v) is 1.09. The van der Waals surface area contributed by atoms with Gasteiger partial charge in [0.15, 0.2) is 0 Å². The Hall–Kier alpha value is -0.763. The van der Waals surface area contributed by atoms with E-state index >= 15 is 0 Å². The molecule has 52 valence electrons. The third-order valence-corrected chi connectivity index (χ3v) is 1.75. The highest BCUT2D eigenvalue weighted by atomic mass is 28.2. The van der Waals surface area contributed by atoms with Crippen LogP contribution in [-0.2, 0) is 0 Å². The molecule has 0 N–H and O–H groups in total. The summed E-state index contributed by atoms with van der Waals surface area (Å²) < 4.78 is 5.38. The molecule has 0 aromatic heterocycles. The first-order valence-corrected chi connectivity index (χ1v) is 4.49. The molecule has 0 unspecified atom stereocenters. The first-order valence-electron chi connectivity index (χ1n) is 3.38. The maximum Gasteiger partial charge on any atom is 0.310 e. The van der Waals surface area contributed by atoms with Crippen molar-refractivity contribution in [1.82, 2.24) is 0 Å². The second-order valence-corrected chi connectivity index (χ2v) is 3.11. The Morgan fingerprint density at radius 2 is 2.00 bits per heavy atom. The van der Waals surface area contributed by atoms with Gasteiger partial charge in [0.25, 0.3) is 0 Å². The van der Waals surface area contributed by atoms with E-state index in [2.05, 4.69) is 6.92 Å². The predicted octanol–water partition coefficient (Wildman–Crippen LogP) is 2.12. The fraction of sp³-hybridized carbons (Fsp3) is 0.250. The van der Waals surface area contributed by atoms with E-state index in [1.54, 1.807) is 0 Å². The summed E-state index contributed by atoms with van der Waals surface area (Å²) in [5.41, 5.74) is 0. The maximum absolute atomic E-state index is 5.38. The van der Waals surface area contributed by atoms with Gasteiger partial charge in [-0.05, 0) is 18.2 Å². The third-order valence-electron chi connectivity index (χ3n) is 1.08. The predicted molar refractivity (Wildman–Crippen MR) is 43.3 cm³/mol. The lowest BCUT2D eigenvalue weighted by molar-refractivity contribution is 0.594. The van der Waals surface area contributed by atoms with Crippen LogP contribution in [0.25, 0.3) is 0 Å². The van der Waals surface area contributed by atoms with E-state index < -0.39 is 0 Å². The smallest absolute Gasteiger partial charge is 0.310 e. The van der Waals surface area contributed by atoms with E-state index in [-0.39, 0.29) is 0 Å². The van der Waals surface area contributed by atoms with Gasteiger partial charge in [0.1, 0.15) is 5.75 Å². The van der Waals surface area contributed by atoms with Gasteiger partial charge in [-0.2, -0.15) is 0 Å². The molecule has 0 saturated carbocycles. The molecule has 0 atom stereocenters. The van der Waals surface area contributed by atoms with Crippen molar-refractivity contribution in [1.29, 1.82) is 0 Å². The van der Waals surface area contributed by atoms with E-state index in [1.165, 1.54) is 0 Å². The minimum atomic E-state index is 0.592. The highest BCUT2D eigenvalue weighted by Gasteiger charge is 1.89. The molecule has 2 heteroatoms. The van der Waals surface area contributed by atoms with Gasteiger partial charge in [0.05, 0.1) is 0 Å². The molecule has 0 heterocycles. The lowest BCUT2D eigenvalue weighted by Gasteiger charge is -2.00. The summed E-state index contributed by atoms with van der Waals surface area (Å²) in [6, 6.07) is 11.0. The normalized spacial score (nSPS) is 9.30. The Morgan fingerprint density at radius 3 is 2.60 bits per heavy atom. The van der Waals surface area contributed by atoms with Gasteiger partial charge >= 0.3 is 9.76 Å². The van der Waals surface area contributed by atoms with Crippen molar-refractivity contribution in [2.45, 2.75) is 13.0 Å². The van der Waals surface area contributed by atoms with Gasteiger partial charge in [-0.1, -0.05) is 25.1 Å². The summed E-state index contributed by atoms with van der Waals surface area (Å²) in [5, 5.41) is 0. The van der Waals surface area contributed by atoms with Crippen LogP contribution in [0.4, 0.5) is 0 Å². The van der Waals surface area contributed by atoms with Crippen molar-refractivity contribution in [3.05, 3.63) is 30.3 Å². The van der Waals surface area contributed by atoms with Crippen LogP contribution in [-0.4, -0.2) is 9.76 Å². The zero-order valence-electron chi connectivity index (χ0n) is 6.00. The third kappa shape index (κ3) is 2.23. The molecule has 0 spiro atoms. The molecule has 1 rings (SSSR count). The van der Waals surface area contributed by atoms with Crippen LogP contribution in [0, 0.1) is 0 Å². The van der Waals surface area contributed by atoms with E-state index in [9.17, 15) is 0 Å². The number of benzene rings is 1. The molecular weight excluding hydrogens is 140 g/mol. The van der Waals surface area contributed by atoms with Gasteiger partial charge in [-0.15, -0.1) is 0 Å². The van der Waals surface area contributed by atoms with Crippen molar-refractivity contribution in [3.63, 3.8) is 0 Å². The SMILES string of the molecule is CC[Si]Oc1ccccc1. The van der Waals surface area contributed by atoms with Crippen LogP contribution >= 0.6 is 0 Å². The summed E-state index contributed by atoms with van der Waals surface area (Å²) >= 11 is 0. The summed E-state index contributed by atoms with van der Waals surface area (Å²) in [7, 11) is 0.592. The number of rotatable bonds is 3. The van der Waals surface area contributed by atoms with Crippen LogP contribution in [0.15, 0.2) is 30.3 Å². The van der Waals surface area contributed by atoms with Crippen molar-refractivity contribution >= 4 is 9.76 Å². The average Bonchev–Trinajstić information content (AvgIpc) is 2.03. The molecule has 10 heavy (non-hydrogen) atoms. The van der Waals surface area contributed by atoms with E-state index in [1.807, 2.05) is 30.3 Å². The molecule has 0 aliphatic carbocycles. The van der Waals surface area contributed by atoms with Crippen LogP contribution < -0.4 is 4.43 Å². The van der Waals surface area contributed by atoms with Crippen molar-refractivity contribution in [2.75, 3.05) is 0 Å². The summed E-state index contributed by atoms with van der Waals surface area (Å²) in [6.07, 6.45) is 0. The Labute approximate surface area is 64.0 Å². The Balaban J connectivity index is 2.43. The van der Waals surface area contributed by atoms with Crippen LogP contribution in [0.1, 0.15) is 6.92 Å². The molecule has 1 nitrogen and oxygen atoms in total. The van der Waals surface area contributed by atoms with Gasteiger partial charge in [0.2, 0.25) is 0 Å². The quantitative estimate of drug-likeness (QED) is 0.600. The van der Waals surface area contributed by atoms with E-state index in [0.29, 0.717) is 9.76 Å². The van der Waals surface area contributed by atoms with Crippen molar-refractivity contribution < 1.29 is 4.43 Å². The lowest BCUT2D eigenvalue weighted by Crippen LogP contribution is -1.98. The van der Waals surface area contributed by atoms with Crippen LogP contribution in [0.3, 0.4) is 0 Å². The van der Waals surface area contributed by atoms with Gasteiger partial charge < -0.3 is 4.43 Å². The van der Waals surface area contributed by atoms with E-state index in [4.69, 9.17) is 4.43 Å². The summed E-state index contributed by atoms with van der Waals surface area (Å²) in [4.78, 5) is 0. The Morgan fingerprint density at radius 1 is 1.30 bits per heavy atom. The molecular formula is C8H10OSi. The van der Waals surface area contributed by atoms with Crippen LogP contribution in [0.2, 0.25) is 6.04 Å². The highest BCUT2D eigenvalue weighted by molar-refractivity contribution is 6.28. The molecule has 1 aromatic rings. The molecule has 2 radical (unpaired) electrons. The summed E-state index contributed by atoms with van der Waals surface area (Å²) in [6.45, 7) is 2.11. The second-order valence-electron chi connectivity index (χ2n) is 1.91. The topological polar surface area (TPSA) is 9.23 Å². The van der Waals surface area contributed by atoms with Crippen LogP contribution in [0.5, 0.6) is 5.75 Å². The lowest BCUT2D eigenvalue weighted by atomic mass is 10.3. The first kappa shape index (κ1) is 7.35. The minimum Gasteiger partial charge on any atom is -0.541 e.